The molecule has 2 aromatic rings. The van der Waals surface area contributed by atoms with Gasteiger partial charge in [-0.2, -0.15) is 5.10 Å². The minimum atomic E-state index is -0.203. The summed E-state index contributed by atoms with van der Waals surface area (Å²) in [5, 5.41) is 7.17. The molecule has 6 nitrogen and oxygen atoms in total. The summed E-state index contributed by atoms with van der Waals surface area (Å²) in [5.74, 6) is 2.56. The number of anilines is 1. The van der Waals surface area contributed by atoms with E-state index in [9.17, 15) is 4.79 Å². The Morgan fingerprint density at radius 3 is 2.65 bits per heavy atom. The van der Waals surface area contributed by atoms with Gasteiger partial charge in [-0.3, -0.25) is 4.79 Å². The average molecular weight is 315 g/mol. The van der Waals surface area contributed by atoms with Gasteiger partial charge < -0.3 is 14.8 Å². The molecule has 6 heteroatoms. The number of amides is 1. The number of carbonyl (C=O) groups excluding carboxylic acids is 1. The molecule has 3 rings (SSSR count). The first kappa shape index (κ1) is 15.4. The van der Waals surface area contributed by atoms with Crippen LogP contribution in [-0.2, 0) is 4.79 Å². The van der Waals surface area contributed by atoms with Crippen molar-refractivity contribution in [2.45, 2.75) is 25.8 Å². The van der Waals surface area contributed by atoms with Crippen molar-refractivity contribution < 1.29 is 14.3 Å². The number of nitrogens with one attached hydrogen (secondary N) is 1. The predicted octanol–water partition coefficient (Wildman–Crippen LogP) is 2.88. The van der Waals surface area contributed by atoms with E-state index in [4.69, 9.17) is 9.47 Å². The quantitative estimate of drug-likeness (QED) is 0.853. The second-order valence-electron chi connectivity index (χ2n) is 5.75. The van der Waals surface area contributed by atoms with Gasteiger partial charge in [0, 0.05) is 6.07 Å². The van der Waals surface area contributed by atoms with Crippen molar-refractivity contribution in [3.63, 3.8) is 0 Å². The molecule has 0 saturated heterocycles. The number of hydrogen-bond acceptors (Lipinski definition) is 4. The van der Waals surface area contributed by atoms with Gasteiger partial charge in [-0.15, -0.1) is 0 Å². The molecule has 122 valence electrons. The normalized spacial score (nSPS) is 15.0. The van der Waals surface area contributed by atoms with Crippen molar-refractivity contribution in [3.05, 3.63) is 36.5 Å². The van der Waals surface area contributed by atoms with Gasteiger partial charge in [-0.25, -0.2) is 4.68 Å². The molecule has 1 N–H and O–H groups in total. The van der Waals surface area contributed by atoms with Gasteiger partial charge in [-0.1, -0.05) is 0 Å². The van der Waals surface area contributed by atoms with Crippen molar-refractivity contribution >= 4 is 11.7 Å². The SMILES string of the molecule is COc1ccc(OCC(=O)Nc2ccnn2C(C)C2CC2)cc1. The monoisotopic (exact) mass is 315 g/mol. The van der Waals surface area contributed by atoms with E-state index < -0.39 is 0 Å². The Labute approximate surface area is 135 Å². The van der Waals surface area contributed by atoms with Crippen molar-refractivity contribution in [3.8, 4) is 11.5 Å². The Bertz CT molecular complexity index is 662. The van der Waals surface area contributed by atoms with Gasteiger partial charge in [0.2, 0.25) is 0 Å². The van der Waals surface area contributed by atoms with Gasteiger partial charge >= 0.3 is 0 Å². The molecular weight excluding hydrogens is 294 g/mol. The summed E-state index contributed by atoms with van der Waals surface area (Å²) in [5.41, 5.74) is 0. The lowest BCUT2D eigenvalue weighted by Crippen LogP contribution is -2.23. The number of rotatable bonds is 7. The predicted molar refractivity (Wildman–Crippen MR) is 86.8 cm³/mol. The zero-order valence-electron chi connectivity index (χ0n) is 13.4. The third kappa shape index (κ3) is 3.83. The average Bonchev–Trinajstić information content (AvgIpc) is 3.33. The first-order valence-electron chi connectivity index (χ1n) is 7.77. The fourth-order valence-electron chi connectivity index (χ4n) is 2.52. The zero-order chi connectivity index (χ0) is 16.2. The van der Waals surface area contributed by atoms with E-state index >= 15 is 0 Å². The van der Waals surface area contributed by atoms with E-state index in [1.807, 2.05) is 10.7 Å². The van der Waals surface area contributed by atoms with E-state index in [1.54, 1.807) is 37.6 Å². The van der Waals surface area contributed by atoms with E-state index in [0.29, 0.717) is 23.5 Å². The van der Waals surface area contributed by atoms with Crippen LogP contribution in [0, 0.1) is 5.92 Å². The molecule has 0 aliphatic heterocycles. The lowest BCUT2D eigenvalue weighted by Gasteiger charge is -2.15. The number of carbonyl (C=O) groups is 1. The number of ether oxygens (including phenoxy) is 2. The summed E-state index contributed by atoms with van der Waals surface area (Å²) < 4.78 is 12.4. The molecule has 1 aliphatic carbocycles. The van der Waals surface area contributed by atoms with Crippen LogP contribution in [0.5, 0.6) is 11.5 Å². The van der Waals surface area contributed by atoms with E-state index in [0.717, 1.165) is 5.75 Å². The molecule has 1 aliphatic rings. The number of hydrogen-bond donors (Lipinski definition) is 1. The van der Waals surface area contributed by atoms with Crippen LogP contribution in [0.1, 0.15) is 25.8 Å². The molecule has 0 radical (unpaired) electrons. The maximum Gasteiger partial charge on any atom is 0.263 e. The van der Waals surface area contributed by atoms with Crippen molar-refractivity contribution in [1.82, 2.24) is 9.78 Å². The van der Waals surface area contributed by atoms with Crippen molar-refractivity contribution in [2.24, 2.45) is 5.92 Å². The van der Waals surface area contributed by atoms with Crippen LogP contribution in [0.3, 0.4) is 0 Å². The highest BCUT2D eigenvalue weighted by Crippen LogP contribution is 2.40. The molecular formula is C17H21N3O3. The highest BCUT2D eigenvalue weighted by Gasteiger charge is 2.30. The molecule has 1 heterocycles. The lowest BCUT2D eigenvalue weighted by molar-refractivity contribution is -0.118. The summed E-state index contributed by atoms with van der Waals surface area (Å²) in [4.78, 5) is 12.1. The number of benzene rings is 1. The van der Waals surface area contributed by atoms with E-state index in [-0.39, 0.29) is 12.5 Å². The molecule has 1 atom stereocenters. The maximum atomic E-state index is 12.1. The molecule has 0 bridgehead atoms. The second kappa shape index (κ2) is 6.73. The summed E-state index contributed by atoms with van der Waals surface area (Å²) in [6.07, 6.45) is 4.17. The first-order chi connectivity index (χ1) is 11.2. The Hall–Kier alpha value is -2.50. The van der Waals surface area contributed by atoms with Crippen LogP contribution in [0.2, 0.25) is 0 Å². The summed E-state index contributed by atoms with van der Waals surface area (Å²) in [7, 11) is 1.61. The maximum absolute atomic E-state index is 12.1. The summed E-state index contributed by atoms with van der Waals surface area (Å²) in [6, 6.07) is 9.24. The highest BCUT2D eigenvalue weighted by molar-refractivity contribution is 5.91. The van der Waals surface area contributed by atoms with Crippen LogP contribution in [-0.4, -0.2) is 29.4 Å². The number of aromatic nitrogens is 2. The van der Waals surface area contributed by atoms with Gasteiger partial charge in [0.05, 0.1) is 19.3 Å². The lowest BCUT2D eigenvalue weighted by atomic mass is 10.2. The second-order valence-corrected chi connectivity index (χ2v) is 5.75. The molecule has 1 unspecified atom stereocenters. The van der Waals surface area contributed by atoms with Gasteiger partial charge in [0.25, 0.3) is 5.91 Å². The molecule has 23 heavy (non-hydrogen) atoms. The fourth-order valence-corrected chi connectivity index (χ4v) is 2.52. The molecule has 1 amide bonds. The topological polar surface area (TPSA) is 65.4 Å². The van der Waals surface area contributed by atoms with Gasteiger partial charge in [0.1, 0.15) is 17.3 Å². The van der Waals surface area contributed by atoms with Crippen LogP contribution in [0.4, 0.5) is 5.82 Å². The standard InChI is InChI=1S/C17H21N3O3/c1-12(13-3-4-13)20-16(9-10-18-20)19-17(21)11-23-15-7-5-14(22-2)6-8-15/h5-10,12-13H,3-4,11H2,1-2H3,(H,19,21). The minimum Gasteiger partial charge on any atom is -0.497 e. The van der Waals surface area contributed by atoms with Crippen molar-refractivity contribution in [2.75, 3.05) is 19.0 Å². The molecule has 1 aromatic carbocycles. The summed E-state index contributed by atoms with van der Waals surface area (Å²) in [6.45, 7) is 2.09. The Morgan fingerprint density at radius 2 is 2.00 bits per heavy atom. The summed E-state index contributed by atoms with van der Waals surface area (Å²) >= 11 is 0. The Kier molecular flexibility index (Phi) is 4.50. The number of methoxy groups -OCH3 is 1. The molecule has 0 spiro atoms. The van der Waals surface area contributed by atoms with Crippen molar-refractivity contribution in [1.29, 1.82) is 0 Å². The first-order valence-corrected chi connectivity index (χ1v) is 7.77. The van der Waals surface area contributed by atoms with Crippen LogP contribution >= 0.6 is 0 Å². The smallest absolute Gasteiger partial charge is 0.263 e. The van der Waals surface area contributed by atoms with Gasteiger partial charge in [-0.05, 0) is 49.9 Å². The third-order valence-corrected chi connectivity index (χ3v) is 4.06. The third-order valence-electron chi connectivity index (χ3n) is 4.06. The molecule has 1 fully saturated rings. The van der Waals surface area contributed by atoms with E-state index in [2.05, 4.69) is 17.3 Å². The largest absolute Gasteiger partial charge is 0.497 e. The van der Waals surface area contributed by atoms with Crippen LogP contribution in [0.15, 0.2) is 36.5 Å². The fraction of sp³-hybridized carbons (Fsp3) is 0.412. The molecule has 1 saturated carbocycles. The van der Waals surface area contributed by atoms with Crippen LogP contribution < -0.4 is 14.8 Å². The van der Waals surface area contributed by atoms with Crippen LogP contribution in [0.25, 0.3) is 0 Å². The zero-order valence-corrected chi connectivity index (χ0v) is 13.4. The minimum absolute atomic E-state index is 0.0463. The van der Waals surface area contributed by atoms with E-state index in [1.165, 1.54) is 12.8 Å². The molecule has 1 aromatic heterocycles. The number of nitrogens with zero attached hydrogens (tertiary/aromatic N) is 2. The Balaban J connectivity index is 1.54. The van der Waals surface area contributed by atoms with Gasteiger partial charge in [0.15, 0.2) is 6.61 Å². The Morgan fingerprint density at radius 1 is 1.30 bits per heavy atom. The highest BCUT2D eigenvalue weighted by atomic mass is 16.5.